The summed E-state index contributed by atoms with van der Waals surface area (Å²) < 4.78 is 1.12. The first kappa shape index (κ1) is 14.5. The molecule has 0 aromatic heterocycles. The smallest absolute Gasteiger partial charge is 0.219 e. The standard InChI is InChI=1S/C15H21BrN2O/c1-11(13-4-3-5-14(16)10-13)17-15-6-8-18(9-7-15)12(2)19/h3-5,10-11,15,17H,6-9H2,1-2H3/t11-/m1/s1. The largest absolute Gasteiger partial charge is 0.343 e. The van der Waals surface area contributed by atoms with Gasteiger partial charge in [0, 0.05) is 36.6 Å². The van der Waals surface area contributed by atoms with E-state index in [1.807, 2.05) is 11.0 Å². The minimum atomic E-state index is 0.193. The molecule has 1 amide bonds. The van der Waals surface area contributed by atoms with Crippen LogP contribution in [0, 0.1) is 0 Å². The third-order valence-corrected chi connectivity index (χ3v) is 4.27. The fourth-order valence-electron chi connectivity index (χ4n) is 2.59. The number of rotatable bonds is 3. The Morgan fingerprint density at radius 3 is 2.68 bits per heavy atom. The van der Waals surface area contributed by atoms with E-state index in [9.17, 15) is 4.79 Å². The highest BCUT2D eigenvalue weighted by Gasteiger charge is 2.21. The van der Waals surface area contributed by atoms with Gasteiger partial charge in [0.1, 0.15) is 0 Å². The Bertz CT molecular complexity index is 442. The fourth-order valence-corrected chi connectivity index (χ4v) is 3.00. The Labute approximate surface area is 123 Å². The van der Waals surface area contributed by atoms with Crippen LogP contribution >= 0.6 is 15.9 Å². The Kier molecular flexibility index (Phi) is 4.99. The van der Waals surface area contributed by atoms with Crippen molar-refractivity contribution in [1.29, 1.82) is 0 Å². The maximum absolute atomic E-state index is 11.3. The van der Waals surface area contributed by atoms with Crippen molar-refractivity contribution in [3.8, 4) is 0 Å². The summed E-state index contributed by atoms with van der Waals surface area (Å²) in [5.41, 5.74) is 1.29. The molecule has 19 heavy (non-hydrogen) atoms. The van der Waals surface area contributed by atoms with E-state index in [4.69, 9.17) is 0 Å². The zero-order valence-electron chi connectivity index (χ0n) is 11.5. The van der Waals surface area contributed by atoms with E-state index in [0.29, 0.717) is 12.1 Å². The van der Waals surface area contributed by atoms with E-state index in [-0.39, 0.29) is 5.91 Å². The molecular weight excluding hydrogens is 304 g/mol. The minimum absolute atomic E-state index is 0.193. The number of carbonyl (C=O) groups excluding carboxylic acids is 1. The van der Waals surface area contributed by atoms with E-state index in [1.165, 1.54) is 5.56 Å². The van der Waals surface area contributed by atoms with Gasteiger partial charge in [-0.25, -0.2) is 0 Å². The van der Waals surface area contributed by atoms with Gasteiger partial charge >= 0.3 is 0 Å². The molecule has 1 heterocycles. The zero-order valence-corrected chi connectivity index (χ0v) is 13.1. The van der Waals surface area contributed by atoms with Gasteiger partial charge in [-0.1, -0.05) is 28.1 Å². The normalized spacial score (nSPS) is 18.4. The van der Waals surface area contributed by atoms with E-state index < -0.39 is 0 Å². The van der Waals surface area contributed by atoms with Gasteiger partial charge in [0.15, 0.2) is 0 Å². The zero-order chi connectivity index (χ0) is 13.8. The molecule has 1 aliphatic heterocycles. The van der Waals surface area contributed by atoms with Gasteiger partial charge < -0.3 is 10.2 Å². The van der Waals surface area contributed by atoms with Crippen LogP contribution in [0.25, 0.3) is 0 Å². The summed E-state index contributed by atoms with van der Waals surface area (Å²) in [7, 11) is 0. The average molecular weight is 325 g/mol. The van der Waals surface area contributed by atoms with E-state index in [2.05, 4.69) is 46.4 Å². The first-order valence-corrected chi connectivity index (χ1v) is 7.62. The lowest BCUT2D eigenvalue weighted by atomic mass is 10.0. The molecule has 0 radical (unpaired) electrons. The lowest BCUT2D eigenvalue weighted by Gasteiger charge is -2.33. The molecule has 1 aromatic carbocycles. The highest BCUT2D eigenvalue weighted by atomic mass is 79.9. The summed E-state index contributed by atoms with van der Waals surface area (Å²) >= 11 is 3.51. The third kappa shape index (κ3) is 4.05. The van der Waals surface area contributed by atoms with Crippen LogP contribution in [0.4, 0.5) is 0 Å². The molecule has 1 fully saturated rings. The van der Waals surface area contributed by atoms with Gasteiger partial charge in [0.25, 0.3) is 0 Å². The maximum atomic E-state index is 11.3. The minimum Gasteiger partial charge on any atom is -0.343 e. The molecule has 3 nitrogen and oxygen atoms in total. The maximum Gasteiger partial charge on any atom is 0.219 e. The summed E-state index contributed by atoms with van der Waals surface area (Å²) in [6.07, 6.45) is 2.08. The molecule has 1 aromatic rings. The first-order chi connectivity index (χ1) is 9.06. The quantitative estimate of drug-likeness (QED) is 0.926. The molecular formula is C15H21BrN2O. The Morgan fingerprint density at radius 1 is 1.42 bits per heavy atom. The number of hydrogen-bond donors (Lipinski definition) is 1. The van der Waals surface area contributed by atoms with Crippen molar-refractivity contribution in [2.75, 3.05) is 13.1 Å². The predicted molar refractivity (Wildman–Crippen MR) is 81.0 cm³/mol. The fraction of sp³-hybridized carbons (Fsp3) is 0.533. The molecule has 1 saturated heterocycles. The van der Waals surface area contributed by atoms with Gasteiger partial charge in [-0.3, -0.25) is 4.79 Å². The van der Waals surface area contributed by atoms with E-state index in [0.717, 1.165) is 30.4 Å². The van der Waals surface area contributed by atoms with Crippen LogP contribution in [0.1, 0.15) is 38.3 Å². The summed E-state index contributed by atoms with van der Waals surface area (Å²) in [4.78, 5) is 13.2. The van der Waals surface area contributed by atoms with Crippen LogP contribution in [0.5, 0.6) is 0 Å². The van der Waals surface area contributed by atoms with Crippen molar-refractivity contribution in [2.45, 2.75) is 38.8 Å². The van der Waals surface area contributed by atoms with Crippen LogP contribution in [0.3, 0.4) is 0 Å². The molecule has 0 aliphatic carbocycles. The second-order valence-electron chi connectivity index (χ2n) is 5.22. The monoisotopic (exact) mass is 324 g/mol. The van der Waals surface area contributed by atoms with Crippen molar-refractivity contribution in [3.63, 3.8) is 0 Å². The number of hydrogen-bond acceptors (Lipinski definition) is 2. The topological polar surface area (TPSA) is 32.3 Å². The van der Waals surface area contributed by atoms with Crippen molar-refractivity contribution in [3.05, 3.63) is 34.3 Å². The highest BCUT2D eigenvalue weighted by molar-refractivity contribution is 9.10. The Balaban J connectivity index is 1.87. The molecule has 1 atom stereocenters. The number of amides is 1. The lowest BCUT2D eigenvalue weighted by Crippen LogP contribution is -2.44. The second kappa shape index (κ2) is 6.53. The van der Waals surface area contributed by atoms with E-state index in [1.54, 1.807) is 6.92 Å². The van der Waals surface area contributed by atoms with Crippen molar-refractivity contribution in [2.24, 2.45) is 0 Å². The summed E-state index contributed by atoms with van der Waals surface area (Å²) in [6.45, 7) is 5.59. The molecule has 2 rings (SSSR count). The van der Waals surface area contributed by atoms with Crippen molar-refractivity contribution in [1.82, 2.24) is 10.2 Å². The van der Waals surface area contributed by atoms with Gasteiger partial charge in [-0.2, -0.15) is 0 Å². The van der Waals surface area contributed by atoms with Crippen molar-refractivity contribution < 1.29 is 4.79 Å². The van der Waals surface area contributed by atoms with E-state index >= 15 is 0 Å². The van der Waals surface area contributed by atoms with Gasteiger partial charge in [0.05, 0.1) is 0 Å². The molecule has 104 valence electrons. The molecule has 4 heteroatoms. The first-order valence-electron chi connectivity index (χ1n) is 6.83. The molecule has 0 unspecified atom stereocenters. The lowest BCUT2D eigenvalue weighted by molar-refractivity contribution is -0.129. The number of piperidine rings is 1. The van der Waals surface area contributed by atoms with Gasteiger partial charge in [0.2, 0.25) is 5.91 Å². The van der Waals surface area contributed by atoms with Gasteiger partial charge in [-0.15, -0.1) is 0 Å². The van der Waals surface area contributed by atoms with Crippen LogP contribution in [0.15, 0.2) is 28.7 Å². The molecule has 1 N–H and O–H groups in total. The molecule has 0 saturated carbocycles. The molecule has 1 aliphatic rings. The van der Waals surface area contributed by atoms with Crippen LogP contribution in [0.2, 0.25) is 0 Å². The SMILES string of the molecule is CC(=O)N1CCC(N[C@H](C)c2cccc(Br)c2)CC1. The number of nitrogens with zero attached hydrogens (tertiary/aromatic N) is 1. The van der Waals surface area contributed by atoms with Crippen molar-refractivity contribution >= 4 is 21.8 Å². The molecule has 0 spiro atoms. The summed E-state index contributed by atoms with van der Waals surface area (Å²) in [5.74, 6) is 0.193. The number of nitrogens with one attached hydrogen (secondary N) is 1. The van der Waals surface area contributed by atoms with Crippen LogP contribution in [-0.2, 0) is 4.79 Å². The predicted octanol–water partition coefficient (Wildman–Crippen LogP) is 3.11. The Morgan fingerprint density at radius 2 is 2.11 bits per heavy atom. The van der Waals surface area contributed by atoms with Crippen LogP contribution < -0.4 is 5.32 Å². The summed E-state index contributed by atoms with van der Waals surface area (Å²) in [6, 6.07) is 9.25. The average Bonchev–Trinajstić information content (AvgIpc) is 2.39. The number of halogens is 1. The Hall–Kier alpha value is -0.870. The summed E-state index contributed by atoms with van der Waals surface area (Å²) in [5, 5.41) is 3.66. The number of likely N-dealkylation sites (tertiary alicyclic amines) is 1. The molecule has 0 bridgehead atoms. The second-order valence-corrected chi connectivity index (χ2v) is 6.14. The highest BCUT2D eigenvalue weighted by Crippen LogP contribution is 2.20. The van der Waals surface area contributed by atoms with Gasteiger partial charge in [-0.05, 0) is 37.5 Å². The van der Waals surface area contributed by atoms with Crippen LogP contribution in [-0.4, -0.2) is 29.9 Å². The number of benzene rings is 1. The number of carbonyl (C=O) groups is 1. The third-order valence-electron chi connectivity index (χ3n) is 3.77.